The first-order chi connectivity index (χ1) is 7.11. The van der Waals surface area contributed by atoms with Gasteiger partial charge in [0.25, 0.3) is 5.91 Å². The minimum absolute atomic E-state index is 0.0312. The monoisotopic (exact) mass is 205 g/mol. The molecule has 0 aromatic heterocycles. The lowest BCUT2D eigenvalue weighted by Gasteiger charge is -2.35. The molecule has 0 bridgehead atoms. The first-order valence-corrected chi connectivity index (χ1v) is 5.20. The summed E-state index contributed by atoms with van der Waals surface area (Å²) in [4.78, 5) is 13.7. The lowest BCUT2D eigenvalue weighted by Crippen LogP contribution is -2.47. The molecule has 80 valence electrons. The van der Waals surface area contributed by atoms with Crippen molar-refractivity contribution in [2.75, 3.05) is 4.90 Å². The molecule has 3 heteroatoms. The van der Waals surface area contributed by atoms with Crippen LogP contribution in [0, 0.1) is 0 Å². The highest BCUT2D eigenvalue weighted by atomic mass is 16.5. The van der Waals surface area contributed by atoms with Gasteiger partial charge in [-0.3, -0.25) is 4.79 Å². The molecule has 1 aromatic carbocycles. The largest absolute Gasteiger partial charge is 0.479 e. The van der Waals surface area contributed by atoms with Gasteiger partial charge in [0.05, 0.1) is 5.69 Å². The molecule has 0 aliphatic carbocycles. The van der Waals surface area contributed by atoms with Crippen molar-refractivity contribution in [3.05, 3.63) is 24.3 Å². The first-order valence-electron chi connectivity index (χ1n) is 5.20. The molecular weight excluding hydrogens is 190 g/mol. The van der Waals surface area contributed by atoms with E-state index in [4.69, 9.17) is 4.74 Å². The van der Waals surface area contributed by atoms with Crippen molar-refractivity contribution in [1.82, 2.24) is 0 Å². The molecule has 15 heavy (non-hydrogen) atoms. The van der Waals surface area contributed by atoms with Crippen molar-refractivity contribution in [2.24, 2.45) is 0 Å². The maximum Gasteiger partial charge on any atom is 0.268 e. The molecule has 2 rings (SSSR count). The number of carbonyl (C=O) groups is 1. The molecule has 0 saturated heterocycles. The van der Waals surface area contributed by atoms with E-state index in [1.165, 1.54) is 0 Å². The Morgan fingerprint density at radius 2 is 2.00 bits per heavy atom. The van der Waals surface area contributed by atoms with Crippen molar-refractivity contribution in [3.8, 4) is 5.75 Å². The highest BCUT2D eigenvalue weighted by Gasteiger charge is 2.32. The molecule has 1 aliphatic heterocycles. The Morgan fingerprint density at radius 3 is 2.67 bits per heavy atom. The fourth-order valence-corrected chi connectivity index (χ4v) is 1.84. The first kappa shape index (κ1) is 10.0. The molecular formula is C12H15NO2. The zero-order chi connectivity index (χ0) is 11.0. The molecule has 1 aliphatic rings. The lowest BCUT2D eigenvalue weighted by molar-refractivity contribution is -0.125. The van der Waals surface area contributed by atoms with Gasteiger partial charge in [-0.2, -0.15) is 0 Å². The average molecular weight is 205 g/mol. The molecule has 0 spiro atoms. The van der Waals surface area contributed by atoms with Crippen molar-refractivity contribution >= 4 is 11.6 Å². The number of nitrogens with zero attached hydrogens (tertiary/aromatic N) is 1. The zero-order valence-corrected chi connectivity index (χ0v) is 9.23. The molecule has 3 nitrogen and oxygen atoms in total. The highest BCUT2D eigenvalue weighted by Crippen LogP contribution is 2.34. The Bertz CT molecular complexity index is 387. The standard InChI is InChI=1S/C12H15NO2/c1-8(2)13-10-6-4-5-7-11(10)15-9(3)12(13)14/h4-9H,1-3H3. The van der Waals surface area contributed by atoms with Gasteiger partial charge in [-0.1, -0.05) is 12.1 Å². The maximum absolute atomic E-state index is 11.9. The van der Waals surface area contributed by atoms with Crippen LogP contribution >= 0.6 is 0 Å². The number of carbonyl (C=O) groups excluding carboxylic acids is 1. The summed E-state index contributed by atoms with van der Waals surface area (Å²) in [7, 11) is 0. The Kier molecular flexibility index (Phi) is 2.39. The highest BCUT2D eigenvalue weighted by molar-refractivity contribution is 6.00. The molecule has 0 saturated carbocycles. The SMILES string of the molecule is CC1Oc2ccccc2N(C(C)C)C1=O. The van der Waals surface area contributed by atoms with Gasteiger partial charge in [-0.05, 0) is 32.9 Å². The summed E-state index contributed by atoms with van der Waals surface area (Å²) < 4.78 is 5.53. The molecule has 0 N–H and O–H groups in total. The number of para-hydroxylation sites is 2. The van der Waals surface area contributed by atoms with Gasteiger partial charge in [-0.15, -0.1) is 0 Å². The molecule has 1 atom stereocenters. The van der Waals surface area contributed by atoms with Crippen LogP contribution in [0.5, 0.6) is 5.75 Å². The van der Waals surface area contributed by atoms with Crippen LogP contribution in [0.15, 0.2) is 24.3 Å². The number of fused-ring (bicyclic) bond motifs is 1. The predicted octanol–water partition coefficient (Wildman–Crippen LogP) is 2.21. The van der Waals surface area contributed by atoms with Gasteiger partial charge in [-0.25, -0.2) is 0 Å². The van der Waals surface area contributed by atoms with Crippen LogP contribution in [0.1, 0.15) is 20.8 Å². The lowest BCUT2D eigenvalue weighted by atomic mass is 10.1. The minimum Gasteiger partial charge on any atom is -0.479 e. The average Bonchev–Trinajstić information content (AvgIpc) is 2.19. The number of benzene rings is 1. The number of hydrogen-bond acceptors (Lipinski definition) is 2. The van der Waals surface area contributed by atoms with Gasteiger partial charge < -0.3 is 9.64 Å². The number of hydrogen-bond donors (Lipinski definition) is 0. The van der Waals surface area contributed by atoms with Crippen molar-refractivity contribution in [3.63, 3.8) is 0 Å². The number of rotatable bonds is 1. The van der Waals surface area contributed by atoms with E-state index in [1.54, 1.807) is 11.8 Å². The number of amides is 1. The van der Waals surface area contributed by atoms with Crippen LogP contribution in [-0.4, -0.2) is 18.1 Å². The summed E-state index contributed by atoms with van der Waals surface area (Å²) >= 11 is 0. The third-order valence-electron chi connectivity index (χ3n) is 2.53. The summed E-state index contributed by atoms with van der Waals surface area (Å²) in [6.07, 6.45) is -0.387. The Labute approximate surface area is 89.7 Å². The summed E-state index contributed by atoms with van der Waals surface area (Å²) in [6.45, 7) is 5.80. The van der Waals surface area contributed by atoms with E-state index in [0.717, 1.165) is 11.4 Å². The van der Waals surface area contributed by atoms with E-state index in [2.05, 4.69) is 0 Å². The van der Waals surface area contributed by atoms with Crippen LogP contribution in [0.25, 0.3) is 0 Å². The Balaban J connectivity index is 2.49. The molecule has 0 radical (unpaired) electrons. The van der Waals surface area contributed by atoms with Gasteiger partial charge >= 0.3 is 0 Å². The second-order valence-electron chi connectivity index (χ2n) is 4.03. The van der Waals surface area contributed by atoms with Crippen LogP contribution in [0.3, 0.4) is 0 Å². The van der Waals surface area contributed by atoms with Crippen molar-refractivity contribution in [1.29, 1.82) is 0 Å². The van der Waals surface area contributed by atoms with Crippen LogP contribution < -0.4 is 9.64 Å². The maximum atomic E-state index is 11.9. The predicted molar refractivity (Wildman–Crippen MR) is 59.2 cm³/mol. The summed E-state index contributed by atoms with van der Waals surface area (Å²) in [5, 5.41) is 0. The normalized spacial score (nSPS) is 20.1. The van der Waals surface area contributed by atoms with Gasteiger partial charge in [0.15, 0.2) is 6.10 Å². The molecule has 1 heterocycles. The third-order valence-corrected chi connectivity index (χ3v) is 2.53. The molecule has 0 fully saturated rings. The number of anilines is 1. The quantitative estimate of drug-likeness (QED) is 0.703. The summed E-state index contributed by atoms with van der Waals surface area (Å²) in [5.74, 6) is 0.821. The van der Waals surface area contributed by atoms with E-state index in [0.29, 0.717) is 0 Å². The van der Waals surface area contributed by atoms with Crippen LogP contribution in [0.2, 0.25) is 0 Å². The minimum atomic E-state index is -0.387. The third kappa shape index (κ3) is 1.58. The van der Waals surface area contributed by atoms with Crippen molar-refractivity contribution < 1.29 is 9.53 Å². The summed E-state index contributed by atoms with van der Waals surface area (Å²) in [6, 6.07) is 7.80. The van der Waals surface area contributed by atoms with Crippen molar-refractivity contribution in [2.45, 2.75) is 32.9 Å². The second kappa shape index (κ2) is 3.57. The van der Waals surface area contributed by atoms with Gasteiger partial charge in [0, 0.05) is 6.04 Å². The van der Waals surface area contributed by atoms with Gasteiger partial charge in [0.2, 0.25) is 0 Å². The van der Waals surface area contributed by atoms with E-state index in [1.807, 2.05) is 38.1 Å². The number of ether oxygens (including phenoxy) is 1. The smallest absolute Gasteiger partial charge is 0.268 e. The fourth-order valence-electron chi connectivity index (χ4n) is 1.84. The van der Waals surface area contributed by atoms with Crippen LogP contribution in [-0.2, 0) is 4.79 Å². The Hall–Kier alpha value is -1.51. The molecule has 1 aromatic rings. The van der Waals surface area contributed by atoms with E-state index in [9.17, 15) is 4.79 Å². The molecule has 1 unspecified atom stereocenters. The summed E-state index contributed by atoms with van der Waals surface area (Å²) in [5.41, 5.74) is 0.871. The molecule has 1 amide bonds. The second-order valence-corrected chi connectivity index (χ2v) is 4.03. The van der Waals surface area contributed by atoms with E-state index in [-0.39, 0.29) is 18.1 Å². The topological polar surface area (TPSA) is 29.5 Å². The fraction of sp³-hybridized carbons (Fsp3) is 0.417. The van der Waals surface area contributed by atoms with E-state index >= 15 is 0 Å². The van der Waals surface area contributed by atoms with E-state index < -0.39 is 0 Å². The van der Waals surface area contributed by atoms with Gasteiger partial charge in [0.1, 0.15) is 5.75 Å². The Morgan fingerprint density at radius 1 is 1.33 bits per heavy atom. The van der Waals surface area contributed by atoms with Crippen LogP contribution in [0.4, 0.5) is 5.69 Å². The zero-order valence-electron chi connectivity index (χ0n) is 9.23.